The summed E-state index contributed by atoms with van der Waals surface area (Å²) in [6.45, 7) is 7.87. The molecule has 0 bridgehead atoms. The molecule has 5 nitrogen and oxygen atoms in total. The second kappa shape index (κ2) is 5.21. The first-order valence-corrected chi connectivity index (χ1v) is 7.11. The van der Waals surface area contributed by atoms with Crippen molar-refractivity contribution in [1.82, 2.24) is 0 Å². The lowest BCUT2D eigenvalue weighted by Crippen LogP contribution is -3.13. The van der Waals surface area contributed by atoms with Gasteiger partial charge in [0.15, 0.2) is 6.10 Å². The minimum atomic E-state index is -0.410. The normalized spacial score (nSPS) is 39.4. The number of carbonyl (C=O) groups is 2. The van der Waals surface area contributed by atoms with Gasteiger partial charge in [-0.05, 0) is 11.8 Å². The Hall–Kier alpha value is -0.940. The fourth-order valence-corrected chi connectivity index (χ4v) is 3.17. The fraction of sp³-hybridized carbons (Fsp3) is 0.857. The third-order valence-corrected chi connectivity index (χ3v) is 4.54. The van der Waals surface area contributed by atoms with Crippen molar-refractivity contribution in [2.24, 2.45) is 23.7 Å². The quantitative estimate of drug-likeness (QED) is 0.599. The summed E-state index contributed by atoms with van der Waals surface area (Å²) in [4.78, 5) is 23.7. The van der Waals surface area contributed by atoms with Crippen LogP contribution in [0.5, 0.6) is 0 Å². The van der Waals surface area contributed by atoms with E-state index in [0.717, 1.165) is 0 Å². The van der Waals surface area contributed by atoms with Crippen LogP contribution in [0.3, 0.4) is 0 Å². The molecule has 0 aromatic carbocycles. The van der Waals surface area contributed by atoms with Crippen LogP contribution in [0.15, 0.2) is 0 Å². The number of hydrogen-bond acceptors (Lipinski definition) is 4. The van der Waals surface area contributed by atoms with Crippen LogP contribution in [-0.4, -0.2) is 24.0 Å². The molecule has 0 aromatic rings. The van der Waals surface area contributed by atoms with Crippen LogP contribution in [0.2, 0.25) is 0 Å². The first-order valence-electron chi connectivity index (χ1n) is 7.11. The summed E-state index contributed by atoms with van der Waals surface area (Å²) in [5.41, 5.74) is 0. The van der Waals surface area contributed by atoms with E-state index in [1.54, 1.807) is 0 Å². The predicted molar refractivity (Wildman–Crippen MR) is 68.9 cm³/mol. The molecule has 1 N–H and O–H groups in total. The Morgan fingerprint density at radius 1 is 1.11 bits per heavy atom. The second-order valence-corrected chi connectivity index (χ2v) is 6.48. The number of cyclic esters (lactones) is 1. The molecule has 1 amide bonds. The highest BCUT2D eigenvalue weighted by Gasteiger charge is 2.50. The standard InChI is InChI=1S/C14H23NO4/c1-7(2)9-5-11(15(18)13(9)16)12-6-10(8(3)4)14(17)19-12/h7-12,15H,5-6H2,1-4H3. The van der Waals surface area contributed by atoms with E-state index < -0.39 is 6.04 Å². The monoisotopic (exact) mass is 269 g/mol. The van der Waals surface area contributed by atoms with Crippen molar-refractivity contribution in [1.29, 1.82) is 0 Å². The Morgan fingerprint density at radius 3 is 2.11 bits per heavy atom. The number of nitrogens with one attached hydrogen (secondary N) is 1. The summed E-state index contributed by atoms with van der Waals surface area (Å²) >= 11 is 0. The van der Waals surface area contributed by atoms with E-state index in [4.69, 9.17) is 4.74 Å². The minimum absolute atomic E-state index is 0.133. The Morgan fingerprint density at radius 2 is 1.68 bits per heavy atom. The maximum atomic E-state index is 12.0. The first-order chi connectivity index (χ1) is 8.82. The predicted octanol–water partition coefficient (Wildman–Crippen LogP) is 0.528. The van der Waals surface area contributed by atoms with Crippen molar-refractivity contribution in [2.75, 3.05) is 0 Å². The molecule has 19 heavy (non-hydrogen) atoms. The van der Waals surface area contributed by atoms with Gasteiger partial charge >= 0.3 is 11.9 Å². The van der Waals surface area contributed by atoms with Crippen molar-refractivity contribution in [3.63, 3.8) is 0 Å². The lowest BCUT2D eigenvalue weighted by molar-refractivity contribution is -0.790. The molecule has 5 unspecified atom stereocenters. The van der Waals surface area contributed by atoms with Crippen LogP contribution in [0.1, 0.15) is 40.5 Å². The summed E-state index contributed by atoms with van der Waals surface area (Å²) < 4.78 is 5.35. The maximum Gasteiger partial charge on any atom is 0.315 e. The van der Waals surface area contributed by atoms with Crippen LogP contribution in [0.4, 0.5) is 0 Å². The van der Waals surface area contributed by atoms with E-state index in [-0.39, 0.29) is 46.7 Å². The van der Waals surface area contributed by atoms with Gasteiger partial charge in [-0.2, -0.15) is 0 Å². The topological polar surface area (TPSA) is 70.9 Å². The van der Waals surface area contributed by atoms with E-state index >= 15 is 0 Å². The molecule has 2 heterocycles. The van der Waals surface area contributed by atoms with Gasteiger partial charge in [0.05, 0.1) is 11.8 Å². The molecule has 0 radical (unpaired) electrons. The largest absolute Gasteiger partial charge is 0.626 e. The van der Waals surface area contributed by atoms with Gasteiger partial charge in [0.1, 0.15) is 6.04 Å². The third-order valence-electron chi connectivity index (χ3n) is 4.54. The molecule has 0 aliphatic carbocycles. The molecular weight excluding hydrogens is 246 g/mol. The van der Waals surface area contributed by atoms with Crippen LogP contribution in [0, 0.1) is 28.9 Å². The minimum Gasteiger partial charge on any atom is -0.626 e. The molecule has 0 aromatic heterocycles. The Labute approximate surface area is 113 Å². The number of hydroxylamine groups is 2. The molecular formula is C14H23NO4. The van der Waals surface area contributed by atoms with Gasteiger partial charge < -0.3 is 15.0 Å². The summed E-state index contributed by atoms with van der Waals surface area (Å²) in [7, 11) is 0. The van der Waals surface area contributed by atoms with E-state index in [0.29, 0.717) is 12.8 Å². The van der Waals surface area contributed by atoms with Gasteiger partial charge in [0.2, 0.25) is 0 Å². The number of quaternary nitrogens is 1. The number of hydrogen-bond donors (Lipinski definition) is 1. The third kappa shape index (κ3) is 2.54. The molecule has 2 rings (SSSR count). The fourth-order valence-electron chi connectivity index (χ4n) is 3.17. The smallest absolute Gasteiger partial charge is 0.315 e. The SMILES string of the molecule is CC(C)C1CC(C2CC(C(C)C)C(=O)[NH+]2[O-])OC1=O. The van der Waals surface area contributed by atoms with Gasteiger partial charge in [-0.3, -0.25) is 4.79 Å². The highest BCUT2D eigenvalue weighted by molar-refractivity contribution is 5.75. The van der Waals surface area contributed by atoms with Gasteiger partial charge in [0.25, 0.3) is 0 Å². The second-order valence-electron chi connectivity index (χ2n) is 6.48. The van der Waals surface area contributed by atoms with Crippen molar-refractivity contribution < 1.29 is 19.4 Å². The van der Waals surface area contributed by atoms with Crippen LogP contribution in [-0.2, 0) is 14.3 Å². The zero-order valence-electron chi connectivity index (χ0n) is 12.0. The Bertz CT molecular complexity index is 380. The highest BCUT2D eigenvalue weighted by Crippen LogP contribution is 2.32. The van der Waals surface area contributed by atoms with Gasteiger partial charge in [-0.1, -0.05) is 27.7 Å². The molecule has 2 fully saturated rings. The average molecular weight is 269 g/mol. The Kier molecular flexibility index (Phi) is 3.97. The molecule has 5 heteroatoms. The van der Waals surface area contributed by atoms with E-state index in [9.17, 15) is 14.8 Å². The molecule has 2 saturated heterocycles. The number of carbonyl (C=O) groups excluding carboxylic acids is 2. The van der Waals surface area contributed by atoms with Crippen molar-refractivity contribution >= 4 is 11.9 Å². The lowest BCUT2D eigenvalue weighted by atomic mass is 9.88. The van der Waals surface area contributed by atoms with Crippen molar-refractivity contribution in [3.05, 3.63) is 5.21 Å². The van der Waals surface area contributed by atoms with E-state index in [2.05, 4.69) is 0 Å². The van der Waals surface area contributed by atoms with Crippen LogP contribution < -0.4 is 5.06 Å². The van der Waals surface area contributed by atoms with Crippen LogP contribution in [0.25, 0.3) is 0 Å². The van der Waals surface area contributed by atoms with E-state index in [1.165, 1.54) is 0 Å². The Balaban J connectivity index is 2.08. The average Bonchev–Trinajstić information content (AvgIpc) is 2.82. The molecule has 0 saturated carbocycles. The van der Waals surface area contributed by atoms with Gasteiger partial charge in [-0.15, -0.1) is 0 Å². The molecule has 108 valence electrons. The van der Waals surface area contributed by atoms with Crippen LogP contribution >= 0.6 is 0 Å². The molecule has 5 atom stereocenters. The number of esters is 1. The van der Waals surface area contributed by atoms with Gasteiger partial charge in [-0.25, -0.2) is 4.79 Å². The molecule has 2 aliphatic heterocycles. The van der Waals surface area contributed by atoms with E-state index in [1.807, 2.05) is 27.7 Å². The first kappa shape index (κ1) is 14.5. The maximum absolute atomic E-state index is 12.0. The van der Waals surface area contributed by atoms with Crippen molar-refractivity contribution in [3.8, 4) is 0 Å². The summed E-state index contributed by atoms with van der Waals surface area (Å²) in [5, 5.41) is 11.7. The zero-order chi connectivity index (χ0) is 14.3. The van der Waals surface area contributed by atoms with Gasteiger partial charge in [0, 0.05) is 12.8 Å². The summed E-state index contributed by atoms with van der Waals surface area (Å²) in [6, 6.07) is -0.410. The number of rotatable bonds is 3. The summed E-state index contributed by atoms with van der Waals surface area (Å²) in [6.07, 6.45) is 0.725. The van der Waals surface area contributed by atoms with Crippen molar-refractivity contribution in [2.45, 2.75) is 52.7 Å². The highest BCUT2D eigenvalue weighted by atomic mass is 16.6. The molecule has 0 spiro atoms. The zero-order valence-corrected chi connectivity index (χ0v) is 12.0. The summed E-state index contributed by atoms with van der Waals surface area (Å²) in [5.74, 6) is -0.442. The molecule has 2 aliphatic rings. The number of ether oxygens (including phenoxy) is 1. The number of amides is 1. The lowest BCUT2D eigenvalue weighted by Gasteiger charge is -2.25.